The monoisotopic (exact) mass is 218 g/mol. The molecule has 1 fully saturated rings. The first-order valence-corrected chi connectivity index (χ1v) is 5.76. The van der Waals surface area contributed by atoms with Crippen molar-refractivity contribution in [2.24, 2.45) is 0 Å². The van der Waals surface area contributed by atoms with Crippen molar-refractivity contribution in [2.75, 3.05) is 18.0 Å². The van der Waals surface area contributed by atoms with E-state index in [0.29, 0.717) is 0 Å². The molecule has 1 aromatic rings. The summed E-state index contributed by atoms with van der Waals surface area (Å²) in [5, 5.41) is 8.66. The van der Waals surface area contributed by atoms with Crippen molar-refractivity contribution in [2.45, 2.75) is 25.7 Å². The normalized spacial score (nSPS) is 16.6. The van der Waals surface area contributed by atoms with E-state index in [4.69, 9.17) is 5.26 Å². The maximum absolute atomic E-state index is 13.5. The summed E-state index contributed by atoms with van der Waals surface area (Å²) >= 11 is 0. The minimum atomic E-state index is -0.413. The lowest BCUT2D eigenvalue weighted by atomic mass is 10.2. The standard InChI is InChI=1S/C13H15FN2/c14-13-9-12(6-5-11(13)10-15)16-7-3-1-2-4-8-16/h5-6,9H,1-4,7-8H2. The van der Waals surface area contributed by atoms with E-state index in [1.54, 1.807) is 6.07 Å². The Morgan fingerprint density at radius 3 is 2.38 bits per heavy atom. The van der Waals surface area contributed by atoms with Gasteiger partial charge in [0.15, 0.2) is 0 Å². The van der Waals surface area contributed by atoms with E-state index in [-0.39, 0.29) is 5.56 Å². The Balaban J connectivity index is 2.20. The van der Waals surface area contributed by atoms with Crippen LogP contribution in [0, 0.1) is 17.1 Å². The van der Waals surface area contributed by atoms with Crippen molar-refractivity contribution >= 4 is 5.69 Å². The largest absolute Gasteiger partial charge is 0.371 e. The molecule has 0 saturated carbocycles. The molecule has 0 spiro atoms. The van der Waals surface area contributed by atoms with Gasteiger partial charge in [-0.15, -0.1) is 0 Å². The first-order chi connectivity index (χ1) is 7.81. The van der Waals surface area contributed by atoms with Gasteiger partial charge in [0.25, 0.3) is 0 Å². The Morgan fingerprint density at radius 1 is 1.12 bits per heavy atom. The fraction of sp³-hybridized carbons (Fsp3) is 0.462. The number of nitrogens with zero attached hydrogens (tertiary/aromatic N) is 2. The lowest BCUT2D eigenvalue weighted by Crippen LogP contribution is -2.23. The predicted octanol–water partition coefficient (Wildman–Crippen LogP) is 3.08. The summed E-state index contributed by atoms with van der Waals surface area (Å²) in [7, 11) is 0. The number of anilines is 1. The van der Waals surface area contributed by atoms with Crippen molar-refractivity contribution in [1.82, 2.24) is 0 Å². The fourth-order valence-electron chi connectivity index (χ4n) is 2.12. The van der Waals surface area contributed by atoms with Gasteiger partial charge in [-0.3, -0.25) is 0 Å². The number of hydrogen-bond donors (Lipinski definition) is 0. The van der Waals surface area contributed by atoms with Crippen molar-refractivity contribution in [3.05, 3.63) is 29.6 Å². The molecule has 3 heteroatoms. The summed E-state index contributed by atoms with van der Waals surface area (Å²) in [5.74, 6) is -0.413. The molecule has 0 atom stereocenters. The third-order valence-electron chi connectivity index (χ3n) is 3.04. The number of rotatable bonds is 1. The van der Waals surface area contributed by atoms with Gasteiger partial charge in [-0.25, -0.2) is 4.39 Å². The van der Waals surface area contributed by atoms with Gasteiger partial charge in [0.05, 0.1) is 5.56 Å². The molecule has 2 rings (SSSR count). The number of benzene rings is 1. The second-order valence-corrected chi connectivity index (χ2v) is 4.18. The molecule has 1 aromatic carbocycles. The topological polar surface area (TPSA) is 27.0 Å². The van der Waals surface area contributed by atoms with Crippen LogP contribution in [0.4, 0.5) is 10.1 Å². The van der Waals surface area contributed by atoms with Crippen molar-refractivity contribution in [3.63, 3.8) is 0 Å². The summed E-state index contributed by atoms with van der Waals surface area (Å²) in [6.45, 7) is 1.98. The van der Waals surface area contributed by atoms with Gasteiger partial charge in [-0.2, -0.15) is 5.26 Å². The summed E-state index contributed by atoms with van der Waals surface area (Å²) in [4.78, 5) is 2.21. The third kappa shape index (κ3) is 2.33. The summed E-state index contributed by atoms with van der Waals surface area (Å²) < 4.78 is 13.5. The van der Waals surface area contributed by atoms with Gasteiger partial charge in [0, 0.05) is 18.8 Å². The average Bonchev–Trinajstić information content (AvgIpc) is 2.57. The highest BCUT2D eigenvalue weighted by molar-refractivity contribution is 5.50. The lowest BCUT2D eigenvalue weighted by Gasteiger charge is -2.22. The van der Waals surface area contributed by atoms with Crippen LogP contribution in [0.15, 0.2) is 18.2 Å². The summed E-state index contributed by atoms with van der Waals surface area (Å²) in [6, 6.07) is 6.73. The Morgan fingerprint density at radius 2 is 1.81 bits per heavy atom. The SMILES string of the molecule is N#Cc1ccc(N2CCCCCC2)cc1F. The smallest absolute Gasteiger partial charge is 0.143 e. The number of halogens is 1. The lowest BCUT2D eigenvalue weighted by molar-refractivity contribution is 0.622. The summed E-state index contributed by atoms with van der Waals surface area (Å²) in [6.07, 6.45) is 4.85. The van der Waals surface area contributed by atoms with Crippen molar-refractivity contribution in [3.8, 4) is 6.07 Å². The highest BCUT2D eigenvalue weighted by Crippen LogP contribution is 2.21. The van der Waals surface area contributed by atoms with Crippen molar-refractivity contribution < 1.29 is 4.39 Å². The van der Waals surface area contributed by atoms with Gasteiger partial charge in [-0.05, 0) is 31.0 Å². The Labute approximate surface area is 95.3 Å². The highest BCUT2D eigenvalue weighted by Gasteiger charge is 2.11. The van der Waals surface area contributed by atoms with Gasteiger partial charge >= 0.3 is 0 Å². The Kier molecular flexibility index (Phi) is 3.40. The van der Waals surface area contributed by atoms with E-state index in [1.807, 2.05) is 12.1 Å². The van der Waals surface area contributed by atoms with Crippen LogP contribution in [0.1, 0.15) is 31.2 Å². The van der Waals surface area contributed by atoms with Crippen molar-refractivity contribution in [1.29, 1.82) is 5.26 Å². The number of nitriles is 1. The van der Waals surface area contributed by atoms with Gasteiger partial charge in [0.1, 0.15) is 11.9 Å². The van der Waals surface area contributed by atoms with Crippen LogP contribution in [0.5, 0.6) is 0 Å². The second kappa shape index (κ2) is 4.98. The molecule has 2 nitrogen and oxygen atoms in total. The van der Waals surface area contributed by atoms with Crippen LogP contribution in [0.25, 0.3) is 0 Å². The minimum absolute atomic E-state index is 0.124. The van der Waals surface area contributed by atoms with Gasteiger partial charge in [0.2, 0.25) is 0 Å². The van der Waals surface area contributed by atoms with Crippen LogP contribution in [-0.4, -0.2) is 13.1 Å². The molecule has 1 aliphatic heterocycles. The Hall–Kier alpha value is -1.56. The first kappa shape index (κ1) is 10.9. The van der Waals surface area contributed by atoms with Gasteiger partial charge in [-0.1, -0.05) is 12.8 Å². The average molecular weight is 218 g/mol. The maximum atomic E-state index is 13.5. The van der Waals surface area contributed by atoms with Crippen LogP contribution in [0.3, 0.4) is 0 Å². The molecule has 0 bridgehead atoms. The molecule has 1 aliphatic rings. The second-order valence-electron chi connectivity index (χ2n) is 4.18. The molecule has 0 amide bonds. The summed E-state index contributed by atoms with van der Waals surface area (Å²) in [5.41, 5.74) is 1.02. The van der Waals surface area contributed by atoms with Crippen LogP contribution in [-0.2, 0) is 0 Å². The zero-order chi connectivity index (χ0) is 11.4. The third-order valence-corrected chi connectivity index (χ3v) is 3.04. The molecule has 0 radical (unpaired) electrons. The predicted molar refractivity (Wildman–Crippen MR) is 61.8 cm³/mol. The van der Waals surface area contributed by atoms with Crippen LogP contribution >= 0.6 is 0 Å². The van der Waals surface area contributed by atoms with Gasteiger partial charge < -0.3 is 4.90 Å². The quantitative estimate of drug-likeness (QED) is 0.724. The van der Waals surface area contributed by atoms with E-state index in [1.165, 1.54) is 31.7 Å². The van der Waals surface area contributed by atoms with E-state index in [9.17, 15) is 4.39 Å². The first-order valence-electron chi connectivity index (χ1n) is 5.76. The fourth-order valence-corrected chi connectivity index (χ4v) is 2.12. The molecular formula is C13H15FN2. The molecule has 1 saturated heterocycles. The molecule has 0 aromatic heterocycles. The zero-order valence-corrected chi connectivity index (χ0v) is 9.25. The van der Waals surface area contributed by atoms with E-state index < -0.39 is 5.82 Å². The maximum Gasteiger partial charge on any atom is 0.143 e. The molecule has 0 aliphatic carbocycles. The molecule has 1 heterocycles. The Bertz CT molecular complexity index is 401. The molecule has 0 unspecified atom stereocenters. The van der Waals surface area contributed by atoms with E-state index >= 15 is 0 Å². The van der Waals surface area contributed by atoms with Crippen LogP contribution < -0.4 is 4.90 Å². The van der Waals surface area contributed by atoms with E-state index in [2.05, 4.69) is 4.90 Å². The zero-order valence-electron chi connectivity index (χ0n) is 9.25. The molecule has 84 valence electrons. The minimum Gasteiger partial charge on any atom is -0.371 e. The highest BCUT2D eigenvalue weighted by atomic mass is 19.1. The number of hydrogen-bond acceptors (Lipinski definition) is 2. The molecule has 16 heavy (non-hydrogen) atoms. The van der Waals surface area contributed by atoms with E-state index in [0.717, 1.165) is 18.8 Å². The molecular weight excluding hydrogens is 203 g/mol. The van der Waals surface area contributed by atoms with Crippen LogP contribution in [0.2, 0.25) is 0 Å². The molecule has 0 N–H and O–H groups in total.